The van der Waals surface area contributed by atoms with Gasteiger partial charge in [0.1, 0.15) is 0 Å². The van der Waals surface area contributed by atoms with Gasteiger partial charge in [0.15, 0.2) is 0 Å². The molecule has 1 unspecified atom stereocenters. The highest BCUT2D eigenvalue weighted by Crippen LogP contribution is 2.37. The van der Waals surface area contributed by atoms with E-state index in [0.29, 0.717) is 0 Å². The van der Waals surface area contributed by atoms with E-state index in [1.165, 1.54) is 12.1 Å². The maximum atomic E-state index is 12.9. The number of rotatable bonds is 4. The molecule has 1 atom stereocenters. The molecule has 0 spiro atoms. The van der Waals surface area contributed by atoms with Gasteiger partial charge in [-0.3, -0.25) is 0 Å². The summed E-state index contributed by atoms with van der Waals surface area (Å²) < 4.78 is 38.7. The van der Waals surface area contributed by atoms with Crippen molar-refractivity contribution in [2.24, 2.45) is 5.92 Å². The zero-order valence-electron chi connectivity index (χ0n) is 10.6. The molecule has 0 fully saturated rings. The molecule has 1 nitrogen and oxygen atoms in total. The first-order valence-corrected chi connectivity index (χ1v) is 6.26. The van der Waals surface area contributed by atoms with Gasteiger partial charge in [-0.25, -0.2) is 0 Å². The standard InChI is InChI=1S/C13H17ClF3N/c1-4-11(8(2)3)18-12-6-5-9(14)7-10(12)13(15,16)17/h5-8,11,18H,4H2,1-3H3. The summed E-state index contributed by atoms with van der Waals surface area (Å²) in [6.07, 6.45) is -3.64. The number of alkyl halides is 3. The highest BCUT2D eigenvalue weighted by atomic mass is 35.5. The van der Waals surface area contributed by atoms with Crippen LogP contribution in [0.4, 0.5) is 18.9 Å². The molecule has 1 rings (SSSR count). The molecule has 0 bridgehead atoms. The van der Waals surface area contributed by atoms with E-state index in [9.17, 15) is 13.2 Å². The Morgan fingerprint density at radius 2 is 1.89 bits per heavy atom. The number of hydrogen-bond donors (Lipinski definition) is 1. The molecular formula is C13H17ClF3N. The number of halogens is 4. The van der Waals surface area contributed by atoms with Gasteiger partial charge in [-0.1, -0.05) is 32.4 Å². The van der Waals surface area contributed by atoms with Gasteiger partial charge in [0.2, 0.25) is 0 Å². The molecule has 18 heavy (non-hydrogen) atoms. The Kier molecular flexibility index (Phi) is 4.91. The Morgan fingerprint density at radius 3 is 2.33 bits per heavy atom. The molecule has 0 radical (unpaired) electrons. The summed E-state index contributed by atoms with van der Waals surface area (Å²) in [6, 6.07) is 3.81. The zero-order chi connectivity index (χ0) is 13.9. The Hall–Kier alpha value is -0.900. The quantitative estimate of drug-likeness (QED) is 0.798. The Balaban J connectivity index is 3.09. The van der Waals surface area contributed by atoms with Crippen LogP contribution in [0.1, 0.15) is 32.8 Å². The summed E-state index contributed by atoms with van der Waals surface area (Å²) >= 11 is 5.63. The number of nitrogens with one attached hydrogen (secondary N) is 1. The van der Waals surface area contributed by atoms with Gasteiger partial charge in [-0.2, -0.15) is 13.2 Å². The van der Waals surface area contributed by atoms with Crippen LogP contribution >= 0.6 is 11.6 Å². The van der Waals surface area contributed by atoms with Gasteiger partial charge in [-0.05, 0) is 30.5 Å². The Morgan fingerprint density at radius 1 is 1.28 bits per heavy atom. The first-order chi connectivity index (χ1) is 8.25. The van der Waals surface area contributed by atoms with Crippen molar-refractivity contribution < 1.29 is 13.2 Å². The highest BCUT2D eigenvalue weighted by Gasteiger charge is 2.34. The van der Waals surface area contributed by atoms with Crippen molar-refractivity contribution in [3.8, 4) is 0 Å². The lowest BCUT2D eigenvalue weighted by Crippen LogP contribution is -2.26. The second kappa shape index (κ2) is 5.83. The van der Waals surface area contributed by atoms with Gasteiger partial charge in [-0.15, -0.1) is 0 Å². The third-order valence-corrected chi connectivity index (χ3v) is 3.11. The van der Waals surface area contributed by atoms with Crippen LogP contribution in [0.3, 0.4) is 0 Å². The van der Waals surface area contributed by atoms with E-state index >= 15 is 0 Å². The summed E-state index contributed by atoms with van der Waals surface area (Å²) in [7, 11) is 0. The van der Waals surface area contributed by atoms with Crippen molar-refractivity contribution >= 4 is 17.3 Å². The number of benzene rings is 1. The molecular weight excluding hydrogens is 263 g/mol. The van der Waals surface area contributed by atoms with E-state index < -0.39 is 11.7 Å². The van der Waals surface area contributed by atoms with Gasteiger partial charge in [0, 0.05) is 16.8 Å². The van der Waals surface area contributed by atoms with E-state index in [4.69, 9.17) is 11.6 Å². The summed E-state index contributed by atoms with van der Waals surface area (Å²) in [4.78, 5) is 0. The fraction of sp³-hybridized carbons (Fsp3) is 0.538. The second-order valence-electron chi connectivity index (χ2n) is 4.59. The minimum atomic E-state index is -4.40. The molecule has 0 aliphatic rings. The van der Waals surface area contributed by atoms with E-state index in [0.717, 1.165) is 12.5 Å². The van der Waals surface area contributed by atoms with Gasteiger partial charge >= 0.3 is 6.18 Å². The van der Waals surface area contributed by atoms with Crippen LogP contribution in [0.5, 0.6) is 0 Å². The molecule has 1 N–H and O–H groups in total. The second-order valence-corrected chi connectivity index (χ2v) is 5.03. The lowest BCUT2D eigenvalue weighted by atomic mass is 10.0. The van der Waals surface area contributed by atoms with Crippen LogP contribution in [0.15, 0.2) is 18.2 Å². The molecule has 0 saturated heterocycles. The van der Waals surface area contributed by atoms with Gasteiger partial charge in [0.05, 0.1) is 5.56 Å². The Labute approximate surface area is 110 Å². The van der Waals surface area contributed by atoms with Crippen molar-refractivity contribution in [3.05, 3.63) is 28.8 Å². The predicted molar refractivity (Wildman–Crippen MR) is 69.0 cm³/mol. The van der Waals surface area contributed by atoms with Crippen LogP contribution in [-0.2, 0) is 6.18 Å². The van der Waals surface area contributed by atoms with Crippen LogP contribution in [0.2, 0.25) is 5.02 Å². The van der Waals surface area contributed by atoms with Crippen LogP contribution in [-0.4, -0.2) is 6.04 Å². The third-order valence-electron chi connectivity index (χ3n) is 2.87. The minimum Gasteiger partial charge on any atom is -0.382 e. The molecule has 0 saturated carbocycles. The summed E-state index contributed by atoms with van der Waals surface area (Å²) in [5, 5.41) is 3.04. The smallest absolute Gasteiger partial charge is 0.382 e. The largest absolute Gasteiger partial charge is 0.418 e. The van der Waals surface area contributed by atoms with Crippen molar-refractivity contribution in [3.63, 3.8) is 0 Å². The molecule has 0 heterocycles. The maximum Gasteiger partial charge on any atom is 0.418 e. The van der Waals surface area contributed by atoms with Crippen LogP contribution < -0.4 is 5.32 Å². The maximum absolute atomic E-state index is 12.9. The summed E-state index contributed by atoms with van der Waals surface area (Å²) in [6.45, 7) is 5.90. The Bertz CT molecular complexity index is 402. The molecule has 102 valence electrons. The molecule has 0 aromatic heterocycles. The highest BCUT2D eigenvalue weighted by molar-refractivity contribution is 6.30. The average molecular weight is 280 g/mol. The normalized spacial score (nSPS) is 13.8. The summed E-state index contributed by atoms with van der Waals surface area (Å²) in [5.41, 5.74) is -0.624. The van der Waals surface area contributed by atoms with Crippen molar-refractivity contribution in [1.82, 2.24) is 0 Å². The van der Waals surface area contributed by atoms with Gasteiger partial charge < -0.3 is 5.32 Å². The minimum absolute atomic E-state index is 0.00674. The molecule has 5 heteroatoms. The monoisotopic (exact) mass is 279 g/mol. The SMILES string of the molecule is CCC(Nc1ccc(Cl)cc1C(F)(F)F)C(C)C. The molecule has 1 aromatic carbocycles. The number of anilines is 1. The van der Waals surface area contributed by atoms with Crippen LogP contribution in [0.25, 0.3) is 0 Å². The van der Waals surface area contributed by atoms with Crippen LogP contribution in [0, 0.1) is 5.92 Å². The first kappa shape index (κ1) is 15.2. The topological polar surface area (TPSA) is 12.0 Å². The van der Waals surface area contributed by atoms with Crippen molar-refractivity contribution in [1.29, 1.82) is 0 Å². The molecule has 0 amide bonds. The number of hydrogen-bond acceptors (Lipinski definition) is 1. The first-order valence-electron chi connectivity index (χ1n) is 5.89. The molecule has 0 aliphatic heterocycles. The van der Waals surface area contributed by atoms with Gasteiger partial charge in [0.25, 0.3) is 0 Å². The fourth-order valence-electron chi connectivity index (χ4n) is 1.82. The van der Waals surface area contributed by atoms with E-state index in [-0.39, 0.29) is 22.7 Å². The average Bonchev–Trinajstić information content (AvgIpc) is 2.25. The summed E-state index contributed by atoms with van der Waals surface area (Å²) in [5.74, 6) is 0.256. The predicted octanol–water partition coefficient (Wildman–Crippen LogP) is 5.21. The molecule has 1 aromatic rings. The van der Waals surface area contributed by atoms with Crippen molar-refractivity contribution in [2.45, 2.75) is 39.4 Å². The fourth-order valence-corrected chi connectivity index (χ4v) is 1.99. The zero-order valence-corrected chi connectivity index (χ0v) is 11.4. The third kappa shape index (κ3) is 3.80. The van der Waals surface area contributed by atoms with E-state index in [1.54, 1.807) is 0 Å². The van der Waals surface area contributed by atoms with E-state index in [2.05, 4.69) is 5.32 Å². The lowest BCUT2D eigenvalue weighted by Gasteiger charge is -2.24. The lowest BCUT2D eigenvalue weighted by molar-refractivity contribution is -0.137. The van der Waals surface area contributed by atoms with Crippen molar-refractivity contribution in [2.75, 3.05) is 5.32 Å². The molecule has 0 aliphatic carbocycles. The van der Waals surface area contributed by atoms with E-state index in [1.807, 2.05) is 20.8 Å².